The van der Waals surface area contributed by atoms with Crippen molar-refractivity contribution >= 4 is 17.3 Å². The number of hydrogen-bond acceptors (Lipinski definition) is 4. The smallest absolute Gasteiger partial charge is 0.416 e. The van der Waals surface area contributed by atoms with Crippen LogP contribution in [-0.4, -0.2) is 57.7 Å². The molecule has 1 aliphatic heterocycles. The molecule has 0 aromatic heterocycles. The predicted octanol–water partition coefficient (Wildman–Crippen LogP) is 3.50. The lowest BCUT2D eigenvalue weighted by molar-refractivity contribution is -0.137. The van der Waals surface area contributed by atoms with Crippen LogP contribution in [0.2, 0.25) is 0 Å². The molecule has 0 N–H and O–H groups in total. The van der Waals surface area contributed by atoms with Gasteiger partial charge in [0.05, 0.1) is 24.9 Å². The SMILES string of the molecule is COc1ccccc1N(C)CC(=O)N1CCN(c2cccc(C(F)(F)F)c2)CC1. The third-order valence-corrected chi connectivity index (χ3v) is 5.04. The third kappa shape index (κ3) is 4.93. The second-order valence-corrected chi connectivity index (χ2v) is 6.94. The quantitative estimate of drug-likeness (QED) is 0.760. The lowest BCUT2D eigenvalue weighted by atomic mass is 10.1. The first-order valence-corrected chi connectivity index (χ1v) is 9.33. The van der Waals surface area contributed by atoms with Gasteiger partial charge in [0.25, 0.3) is 0 Å². The van der Waals surface area contributed by atoms with E-state index < -0.39 is 11.7 Å². The van der Waals surface area contributed by atoms with Crippen molar-refractivity contribution in [3.63, 3.8) is 0 Å². The maximum Gasteiger partial charge on any atom is 0.416 e. The van der Waals surface area contributed by atoms with Gasteiger partial charge in [0.2, 0.25) is 5.91 Å². The number of halogens is 3. The summed E-state index contributed by atoms with van der Waals surface area (Å²) in [6.45, 7) is 2.12. The van der Waals surface area contributed by atoms with Crippen LogP contribution in [0.4, 0.5) is 24.5 Å². The van der Waals surface area contributed by atoms with Gasteiger partial charge in [-0.3, -0.25) is 4.79 Å². The van der Waals surface area contributed by atoms with E-state index in [1.165, 1.54) is 6.07 Å². The van der Waals surface area contributed by atoms with Crippen molar-refractivity contribution in [3.8, 4) is 5.75 Å². The number of carbonyl (C=O) groups excluding carboxylic acids is 1. The van der Waals surface area contributed by atoms with Gasteiger partial charge in [-0.1, -0.05) is 18.2 Å². The van der Waals surface area contributed by atoms with Crippen molar-refractivity contribution < 1.29 is 22.7 Å². The summed E-state index contributed by atoms with van der Waals surface area (Å²) in [5.41, 5.74) is 0.691. The molecule has 3 rings (SSSR count). The molecule has 0 radical (unpaired) electrons. The molecule has 5 nitrogen and oxygen atoms in total. The Morgan fingerprint density at radius 2 is 1.76 bits per heavy atom. The molecular weight excluding hydrogens is 383 g/mol. The summed E-state index contributed by atoms with van der Waals surface area (Å²) in [6, 6.07) is 12.8. The number of alkyl halides is 3. The zero-order valence-corrected chi connectivity index (χ0v) is 16.4. The molecule has 1 heterocycles. The van der Waals surface area contributed by atoms with E-state index in [1.54, 1.807) is 18.1 Å². The van der Waals surface area contributed by atoms with Gasteiger partial charge in [-0.25, -0.2) is 0 Å². The number of piperazine rings is 1. The first-order chi connectivity index (χ1) is 13.8. The molecule has 1 saturated heterocycles. The summed E-state index contributed by atoms with van der Waals surface area (Å²) in [5, 5.41) is 0. The summed E-state index contributed by atoms with van der Waals surface area (Å²) in [4.78, 5) is 18.1. The van der Waals surface area contributed by atoms with E-state index in [-0.39, 0.29) is 12.5 Å². The van der Waals surface area contributed by atoms with Gasteiger partial charge in [-0.15, -0.1) is 0 Å². The maximum atomic E-state index is 12.9. The largest absolute Gasteiger partial charge is 0.495 e. The highest BCUT2D eigenvalue weighted by Gasteiger charge is 2.31. The lowest BCUT2D eigenvalue weighted by Gasteiger charge is -2.37. The molecule has 156 valence electrons. The van der Waals surface area contributed by atoms with Crippen molar-refractivity contribution in [2.45, 2.75) is 6.18 Å². The Bertz CT molecular complexity index is 849. The number of methoxy groups -OCH3 is 1. The highest BCUT2D eigenvalue weighted by molar-refractivity contribution is 5.82. The van der Waals surface area contributed by atoms with Gasteiger partial charge in [-0.05, 0) is 30.3 Å². The van der Waals surface area contributed by atoms with Crippen LogP contribution in [-0.2, 0) is 11.0 Å². The van der Waals surface area contributed by atoms with Crippen molar-refractivity contribution in [2.75, 3.05) is 56.7 Å². The van der Waals surface area contributed by atoms with Crippen LogP contribution < -0.4 is 14.5 Å². The molecule has 2 aromatic carbocycles. The fourth-order valence-corrected chi connectivity index (χ4v) is 3.43. The Morgan fingerprint density at radius 3 is 2.41 bits per heavy atom. The van der Waals surface area contributed by atoms with E-state index in [4.69, 9.17) is 4.74 Å². The molecule has 1 fully saturated rings. The predicted molar refractivity (Wildman–Crippen MR) is 107 cm³/mol. The van der Waals surface area contributed by atoms with E-state index >= 15 is 0 Å². The van der Waals surface area contributed by atoms with Crippen LogP contribution in [0.1, 0.15) is 5.56 Å². The highest BCUT2D eigenvalue weighted by atomic mass is 19.4. The lowest BCUT2D eigenvalue weighted by Crippen LogP contribution is -2.51. The van der Waals surface area contributed by atoms with Crippen molar-refractivity contribution in [1.82, 2.24) is 4.90 Å². The molecule has 8 heteroatoms. The normalized spacial score (nSPS) is 14.7. The summed E-state index contributed by atoms with van der Waals surface area (Å²) >= 11 is 0. The third-order valence-electron chi connectivity index (χ3n) is 5.04. The molecule has 0 unspecified atom stereocenters. The molecule has 1 amide bonds. The average Bonchev–Trinajstić information content (AvgIpc) is 2.73. The minimum absolute atomic E-state index is 0.0258. The second-order valence-electron chi connectivity index (χ2n) is 6.94. The van der Waals surface area contributed by atoms with Crippen molar-refractivity contribution in [2.24, 2.45) is 0 Å². The molecule has 29 heavy (non-hydrogen) atoms. The van der Waals surface area contributed by atoms with E-state index in [2.05, 4.69) is 0 Å². The second kappa shape index (κ2) is 8.63. The Balaban J connectivity index is 1.58. The number of rotatable bonds is 5. The van der Waals surface area contributed by atoms with Crippen LogP contribution in [0.15, 0.2) is 48.5 Å². The number of carbonyl (C=O) groups is 1. The van der Waals surface area contributed by atoms with Gasteiger partial charge >= 0.3 is 6.18 Å². The zero-order valence-electron chi connectivity index (χ0n) is 16.4. The summed E-state index contributed by atoms with van der Waals surface area (Å²) in [5.74, 6) is 0.666. The Labute approximate surface area is 168 Å². The van der Waals surface area contributed by atoms with E-state index in [0.29, 0.717) is 37.6 Å². The van der Waals surface area contributed by atoms with Gasteiger partial charge in [-0.2, -0.15) is 13.2 Å². The first-order valence-electron chi connectivity index (χ1n) is 9.33. The van der Waals surface area contributed by atoms with Crippen LogP contribution in [0.5, 0.6) is 5.75 Å². The number of likely N-dealkylation sites (N-methyl/N-ethyl adjacent to an activating group) is 1. The van der Waals surface area contributed by atoms with Crippen molar-refractivity contribution in [1.29, 1.82) is 0 Å². The Hall–Kier alpha value is -2.90. The standard InChI is InChI=1S/C21H24F3N3O2/c1-25(18-8-3-4-9-19(18)29-2)15-20(28)27-12-10-26(11-13-27)17-7-5-6-16(14-17)21(22,23)24/h3-9,14H,10-13,15H2,1-2H3. The first kappa shape index (κ1) is 20.8. The van der Waals surface area contributed by atoms with Crippen LogP contribution in [0.25, 0.3) is 0 Å². The minimum atomic E-state index is -4.36. The molecule has 0 spiro atoms. The van der Waals surface area contributed by atoms with Gasteiger partial charge < -0.3 is 19.4 Å². The molecule has 2 aromatic rings. The Kier molecular flexibility index (Phi) is 6.20. The summed E-state index contributed by atoms with van der Waals surface area (Å²) in [6.07, 6.45) is -4.36. The topological polar surface area (TPSA) is 36.0 Å². The number of anilines is 2. The number of hydrogen-bond donors (Lipinski definition) is 0. The van der Waals surface area contributed by atoms with Gasteiger partial charge in [0, 0.05) is 38.9 Å². The number of nitrogens with zero attached hydrogens (tertiary/aromatic N) is 3. The number of amides is 1. The molecule has 0 bridgehead atoms. The van der Waals surface area contributed by atoms with Crippen LogP contribution in [0, 0.1) is 0 Å². The Morgan fingerprint density at radius 1 is 1.07 bits per heavy atom. The summed E-state index contributed by atoms with van der Waals surface area (Å²) in [7, 11) is 3.41. The maximum absolute atomic E-state index is 12.9. The molecule has 0 atom stereocenters. The van der Waals surface area contributed by atoms with Crippen LogP contribution in [0.3, 0.4) is 0 Å². The van der Waals surface area contributed by atoms with E-state index in [1.807, 2.05) is 41.1 Å². The molecular formula is C21H24F3N3O2. The van der Waals surface area contributed by atoms with Crippen LogP contribution >= 0.6 is 0 Å². The molecule has 0 aliphatic carbocycles. The molecule has 1 aliphatic rings. The number of benzene rings is 2. The number of ether oxygens (including phenoxy) is 1. The fourth-order valence-electron chi connectivity index (χ4n) is 3.43. The summed E-state index contributed by atoms with van der Waals surface area (Å²) < 4.78 is 44.1. The number of para-hydroxylation sites is 2. The van der Waals surface area contributed by atoms with Gasteiger partial charge in [0.15, 0.2) is 0 Å². The minimum Gasteiger partial charge on any atom is -0.495 e. The van der Waals surface area contributed by atoms with E-state index in [9.17, 15) is 18.0 Å². The fraction of sp³-hybridized carbons (Fsp3) is 0.381. The average molecular weight is 407 g/mol. The van der Waals surface area contributed by atoms with Crippen molar-refractivity contribution in [3.05, 3.63) is 54.1 Å². The molecule has 0 saturated carbocycles. The highest BCUT2D eigenvalue weighted by Crippen LogP contribution is 2.32. The van der Waals surface area contributed by atoms with Gasteiger partial charge in [0.1, 0.15) is 5.75 Å². The monoisotopic (exact) mass is 407 g/mol. The zero-order chi connectivity index (χ0) is 21.0. The van der Waals surface area contributed by atoms with E-state index in [0.717, 1.165) is 17.8 Å².